The van der Waals surface area contributed by atoms with Crippen LogP contribution in [0.2, 0.25) is 0 Å². The summed E-state index contributed by atoms with van der Waals surface area (Å²) in [5.41, 5.74) is 4.05. The van der Waals surface area contributed by atoms with Crippen molar-refractivity contribution in [3.8, 4) is 0 Å². The normalized spacial score (nSPS) is 12.0. The number of amides is 2. The molecule has 0 aliphatic rings. The molecule has 0 aromatic heterocycles. The number of aryl methyl sites for hydroxylation is 3. The van der Waals surface area contributed by atoms with Crippen molar-refractivity contribution >= 4 is 27.5 Å². The summed E-state index contributed by atoms with van der Waals surface area (Å²) in [6, 6.07) is 20.4. The third-order valence-corrected chi connectivity index (χ3v) is 8.04. The van der Waals surface area contributed by atoms with E-state index in [-0.39, 0.29) is 17.3 Å². The lowest BCUT2D eigenvalue weighted by molar-refractivity contribution is -0.139. The first kappa shape index (κ1) is 28.9. The maximum absolute atomic E-state index is 13.9. The minimum Gasteiger partial charge on any atom is -0.354 e. The summed E-state index contributed by atoms with van der Waals surface area (Å²) in [5.74, 6) is -0.749. The van der Waals surface area contributed by atoms with E-state index in [1.54, 1.807) is 37.3 Å². The number of carbonyl (C=O) groups is 2. The topological polar surface area (TPSA) is 86.8 Å². The summed E-state index contributed by atoms with van der Waals surface area (Å²) < 4.78 is 28.8. The third-order valence-electron chi connectivity index (χ3n) is 6.26. The predicted molar refractivity (Wildman–Crippen MR) is 151 cm³/mol. The van der Waals surface area contributed by atoms with Crippen molar-refractivity contribution in [3.05, 3.63) is 95.1 Å². The van der Waals surface area contributed by atoms with Crippen LogP contribution < -0.4 is 9.62 Å². The number of hydrogen-bond acceptors (Lipinski definition) is 4. The van der Waals surface area contributed by atoms with E-state index in [2.05, 4.69) is 5.32 Å². The molecule has 38 heavy (non-hydrogen) atoms. The number of hydrogen-bond donors (Lipinski definition) is 1. The first-order valence-corrected chi connectivity index (χ1v) is 14.3. The summed E-state index contributed by atoms with van der Waals surface area (Å²) in [5, 5.41) is 2.86. The molecule has 2 amide bonds. The van der Waals surface area contributed by atoms with Gasteiger partial charge in [0.05, 0.1) is 10.6 Å². The molecule has 1 N–H and O–H groups in total. The maximum atomic E-state index is 13.9. The molecule has 1 atom stereocenters. The van der Waals surface area contributed by atoms with Crippen molar-refractivity contribution in [1.29, 1.82) is 0 Å². The van der Waals surface area contributed by atoms with Gasteiger partial charge in [-0.3, -0.25) is 13.9 Å². The van der Waals surface area contributed by atoms with Gasteiger partial charge >= 0.3 is 0 Å². The van der Waals surface area contributed by atoms with E-state index in [0.717, 1.165) is 33.0 Å². The molecule has 0 unspecified atom stereocenters. The van der Waals surface area contributed by atoms with Crippen molar-refractivity contribution in [2.24, 2.45) is 0 Å². The van der Waals surface area contributed by atoms with Crippen LogP contribution in [0.5, 0.6) is 0 Å². The van der Waals surface area contributed by atoms with Gasteiger partial charge in [-0.25, -0.2) is 8.42 Å². The Morgan fingerprint density at radius 3 is 2.13 bits per heavy atom. The zero-order valence-corrected chi connectivity index (χ0v) is 23.6. The predicted octanol–water partition coefficient (Wildman–Crippen LogP) is 4.75. The quantitative estimate of drug-likeness (QED) is 0.384. The van der Waals surface area contributed by atoms with E-state index < -0.39 is 28.5 Å². The number of rotatable bonds is 11. The molecule has 0 heterocycles. The Bertz CT molecular complexity index is 1350. The second kappa shape index (κ2) is 12.7. The molecule has 202 valence electrons. The van der Waals surface area contributed by atoms with Crippen LogP contribution in [0.4, 0.5) is 5.69 Å². The standard InChI is InChI=1S/C30H37N3O4S/c1-6-15-31-30(35)25(5)32(20-26-12-10-11-22(2)17-26)29(34)21-33(27-18-23(3)16-24(4)19-27)38(36,37)28-13-8-7-9-14-28/h7-14,16-19,25H,6,15,20-21H2,1-5H3,(H,31,35)/t25-/m0/s1. The van der Waals surface area contributed by atoms with Gasteiger partial charge in [0, 0.05) is 13.1 Å². The fourth-order valence-corrected chi connectivity index (χ4v) is 5.75. The fourth-order valence-electron chi connectivity index (χ4n) is 4.33. The van der Waals surface area contributed by atoms with E-state index in [1.165, 1.54) is 17.0 Å². The second-order valence-electron chi connectivity index (χ2n) is 9.65. The molecule has 0 saturated heterocycles. The first-order valence-electron chi connectivity index (χ1n) is 12.8. The fraction of sp³-hybridized carbons (Fsp3) is 0.333. The van der Waals surface area contributed by atoms with E-state index in [0.29, 0.717) is 12.2 Å². The Kier molecular flexibility index (Phi) is 9.69. The van der Waals surface area contributed by atoms with Crippen molar-refractivity contribution in [2.45, 2.75) is 58.5 Å². The lowest BCUT2D eigenvalue weighted by Crippen LogP contribution is -2.51. The average Bonchev–Trinajstić information content (AvgIpc) is 2.88. The lowest BCUT2D eigenvalue weighted by atomic mass is 10.1. The van der Waals surface area contributed by atoms with Gasteiger partial charge in [-0.05, 0) is 75.1 Å². The monoisotopic (exact) mass is 535 g/mol. The summed E-state index contributed by atoms with van der Waals surface area (Å²) in [6.45, 7) is 9.58. The summed E-state index contributed by atoms with van der Waals surface area (Å²) in [6.07, 6.45) is 0.764. The highest BCUT2D eigenvalue weighted by atomic mass is 32.2. The van der Waals surface area contributed by atoms with Crippen molar-refractivity contribution in [1.82, 2.24) is 10.2 Å². The van der Waals surface area contributed by atoms with E-state index in [1.807, 2.05) is 58.0 Å². The zero-order chi connectivity index (χ0) is 27.9. The number of benzene rings is 3. The summed E-state index contributed by atoms with van der Waals surface area (Å²) >= 11 is 0. The number of sulfonamides is 1. The van der Waals surface area contributed by atoms with Crippen LogP contribution in [0.15, 0.2) is 77.7 Å². The molecule has 3 rings (SSSR count). The molecular weight excluding hydrogens is 498 g/mol. The molecule has 0 spiro atoms. The number of carbonyl (C=O) groups excluding carboxylic acids is 2. The minimum absolute atomic E-state index is 0.0888. The number of nitrogens with one attached hydrogen (secondary N) is 1. The Balaban J connectivity index is 2.04. The minimum atomic E-state index is -4.07. The molecule has 3 aromatic carbocycles. The highest BCUT2D eigenvalue weighted by Gasteiger charge is 2.32. The first-order chi connectivity index (χ1) is 18.0. The van der Waals surface area contributed by atoms with Crippen molar-refractivity contribution < 1.29 is 18.0 Å². The molecule has 0 aliphatic carbocycles. The van der Waals surface area contributed by atoms with Crippen LogP contribution in [0.3, 0.4) is 0 Å². The van der Waals surface area contributed by atoms with Crippen LogP contribution >= 0.6 is 0 Å². The molecule has 0 radical (unpaired) electrons. The number of nitrogens with zero attached hydrogens (tertiary/aromatic N) is 2. The summed E-state index contributed by atoms with van der Waals surface area (Å²) in [7, 11) is -4.07. The smallest absolute Gasteiger partial charge is 0.264 e. The molecular formula is C30H37N3O4S. The Labute approximate surface area is 226 Å². The van der Waals surface area contributed by atoms with Gasteiger partial charge in [0.1, 0.15) is 12.6 Å². The largest absolute Gasteiger partial charge is 0.354 e. The van der Waals surface area contributed by atoms with E-state index in [9.17, 15) is 18.0 Å². The van der Waals surface area contributed by atoms with Gasteiger partial charge in [-0.15, -0.1) is 0 Å². The van der Waals surface area contributed by atoms with Crippen LogP contribution in [0.1, 0.15) is 42.5 Å². The van der Waals surface area contributed by atoms with Crippen LogP contribution in [0, 0.1) is 20.8 Å². The third kappa shape index (κ3) is 7.22. The van der Waals surface area contributed by atoms with E-state index >= 15 is 0 Å². The van der Waals surface area contributed by atoms with Crippen LogP contribution in [0.25, 0.3) is 0 Å². The van der Waals surface area contributed by atoms with Gasteiger partial charge in [0.25, 0.3) is 10.0 Å². The van der Waals surface area contributed by atoms with Crippen molar-refractivity contribution in [2.75, 3.05) is 17.4 Å². The highest BCUT2D eigenvalue weighted by molar-refractivity contribution is 7.92. The highest BCUT2D eigenvalue weighted by Crippen LogP contribution is 2.26. The molecule has 7 nitrogen and oxygen atoms in total. The molecule has 0 aliphatic heterocycles. The van der Waals surface area contributed by atoms with Crippen molar-refractivity contribution in [3.63, 3.8) is 0 Å². The summed E-state index contributed by atoms with van der Waals surface area (Å²) in [4.78, 5) is 28.4. The Hall–Kier alpha value is -3.65. The number of anilines is 1. The van der Waals surface area contributed by atoms with Crippen LogP contribution in [-0.4, -0.2) is 44.3 Å². The Morgan fingerprint density at radius 1 is 0.868 bits per heavy atom. The zero-order valence-electron chi connectivity index (χ0n) is 22.8. The van der Waals surface area contributed by atoms with Gasteiger partial charge in [-0.2, -0.15) is 0 Å². The Morgan fingerprint density at radius 2 is 1.53 bits per heavy atom. The maximum Gasteiger partial charge on any atom is 0.264 e. The van der Waals surface area contributed by atoms with Gasteiger partial charge in [0.15, 0.2) is 0 Å². The second-order valence-corrected chi connectivity index (χ2v) is 11.5. The van der Waals surface area contributed by atoms with Gasteiger partial charge < -0.3 is 10.2 Å². The van der Waals surface area contributed by atoms with Crippen LogP contribution in [-0.2, 0) is 26.2 Å². The van der Waals surface area contributed by atoms with E-state index in [4.69, 9.17) is 0 Å². The SMILES string of the molecule is CCCNC(=O)[C@H](C)N(Cc1cccc(C)c1)C(=O)CN(c1cc(C)cc(C)c1)S(=O)(=O)c1ccccc1. The molecule has 3 aromatic rings. The molecule has 0 bridgehead atoms. The van der Waals surface area contributed by atoms with Gasteiger partial charge in [0.2, 0.25) is 11.8 Å². The van der Waals surface area contributed by atoms with Gasteiger partial charge in [-0.1, -0.05) is 61.0 Å². The average molecular weight is 536 g/mol. The molecule has 0 saturated carbocycles. The molecule has 0 fully saturated rings. The molecule has 8 heteroatoms. The lowest BCUT2D eigenvalue weighted by Gasteiger charge is -2.32.